The van der Waals surface area contributed by atoms with Crippen LogP contribution in [0.5, 0.6) is 0 Å². The minimum absolute atomic E-state index is 0.0281. The lowest BCUT2D eigenvalue weighted by molar-refractivity contribution is -0.183. The van der Waals surface area contributed by atoms with E-state index >= 15 is 0 Å². The number of hydrogen-bond donors (Lipinski definition) is 1. The summed E-state index contributed by atoms with van der Waals surface area (Å²) in [6, 6.07) is 6.47. The van der Waals surface area contributed by atoms with Crippen molar-refractivity contribution >= 4 is 21.8 Å². The van der Waals surface area contributed by atoms with Crippen LogP contribution in [0.3, 0.4) is 0 Å². The molecule has 0 spiro atoms. The first-order chi connectivity index (χ1) is 9.38. The average molecular weight is 350 g/mol. The molecule has 0 heterocycles. The molecule has 1 aromatic carbocycles. The van der Waals surface area contributed by atoms with Crippen LogP contribution in [0.25, 0.3) is 0 Å². The van der Waals surface area contributed by atoms with Gasteiger partial charge < -0.3 is 5.32 Å². The summed E-state index contributed by atoms with van der Waals surface area (Å²) in [6.45, 7) is 0. The van der Waals surface area contributed by atoms with E-state index in [4.69, 9.17) is 0 Å². The average Bonchev–Trinajstić information content (AvgIpc) is 2.38. The van der Waals surface area contributed by atoms with E-state index in [1.54, 1.807) is 24.3 Å². The predicted molar refractivity (Wildman–Crippen MR) is 73.4 cm³/mol. The fraction of sp³-hybridized carbons (Fsp3) is 0.500. The second-order valence-corrected chi connectivity index (χ2v) is 5.91. The number of alkyl halides is 3. The molecule has 1 N–H and O–H groups in total. The van der Waals surface area contributed by atoms with Crippen molar-refractivity contribution in [3.8, 4) is 0 Å². The Hall–Kier alpha value is -1.04. The number of carbonyl (C=O) groups is 1. The normalized spacial score (nSPS) is 23.4. The molecule has 20 heavy (non-hydrogen) atoms. The lowest BCUT2D eigenvalue weighted by Crippen LogP contribution is -2.41. The van der Waals surface area contributed by atoms with Gasteiger partial charge in [-0.3, -0.25) is 4.79 Å². The van der Waals surface area contributed by atoms with Crippen molar-refractivity contribution in [3.05, 3.63) is 34.3 Å². The van der Waals surface area contributed by atoms with Crippen LogP contribution in [-0.2, 0) is 0 Å². The Morgan fingerprint density at radius 2 is 1.95 bits per heavy atom. The number of amides is 1. The van der Waals surface area contributed by atoms with Gasteiger partial charge in [0.25, 0.3) is 5.91 Å². The van der Waals surface area contributed by atoms with E-state index in [0.717, 1.165) is 0 Å². The standard InChI is InChI=1S/C14H15BrF3NO/c15-12-7-2-1-6-11(12)13(20)19-10-5-3-4-9(8-10)14(16,17)18/h1-2,6-7,9-10H,3-5,8H2,(H,19,20). The van der Waals surface area contributed by atoms with Gasteiger partial charge in [-0.15, -0.1) is 0 Å². The molecular weight excluding hydrogens is 335 g/mol. The molecule has 0 aliphatic heterocycles. The maximum absolute atomic E-state index is 12.7. The van der Waals surface area contributed by atoms with E-state index in [1.807, 2.05) is 0 Å². The molecule has 1 fully saturated rings. The molecular formula is C14H15BrF3NO. The van der Waals surface area contributed by atoms with Gasteiger partial charge in [-0.1, -0.05) is 18.6 Å². The zero-order valence-corrected chi connectivity index (χ0v) is 12.3. The first-order valence-electron chi connectivity index (χ1n) is 6.50. The van der Waals surface area contributed by atoms with E-state index in [9.17, 15) is 18.0 Å². The van der Waals surface area contributed by atoms with Crippen LogP contribution < -0.4 is 5.32 Å². The largest absolute Gasteiger partial charge is 0.391 e. The first-order valence-corrected chi connectivity index (χ1v) is 7.29. The Labute approximate surface area is 123 Å². The molecule has 1 saturated carbocycles. The second-order valence-electron chi connectivity index (χ2n) is 5.06. The van der Waals surface area contributed by atoms with Crippen molar-refractivity contribution < 1.29 is 18.0 Å². The smallest absolute Gasteiger partial charge is 0.349 e. The van der Waals surface area contributed by atoms with Crippen LogP contribution in [0, 0.1) is 5.92 Å². The van der Waals surface area contributed by atoms with Gasteiger partial charge in [0.15, 0.2) is 0 Å². The predicted octanol–water partition coefficient (Wildman–Crippen LogP) is 4.30. The highest BCUT2D eigenvalue weighted by Crippen LogP contribution is 2.37. The van der Waals surface area contributed by atoms with Gasteiger partial charge in [0.05, 0.1) is 11.5 Å². The lowest BCUT2D eigenvalue weighted by Gasteiger charge is -2.31. The van der Waals surface area contributed by atoms with E-state index < -0.39 is 18.1 Å². The van der Waals surface area contributed by atoms with Gasteiger partial charge in [-0.05, 0) is 47.3 Å². The van der Waals surface area contributed by atoms with E-state index in [-0.39, 0.29) is 18.7 Å². The van der Waals surface area contributed by atoms with Crippen molar-refractivity contribution in [1.29, 1.82) is 0 Å². The minimum Gasteiger partial charge on any atom is -0.349 e. The quantitative estimate of drug-likeness (QED) is 0.847. The summed E-state index contributed by atoms with van der Waals surface area (Å²) in [4.78, 5) is 12.1. The number of benzene rings is 1. The molecule has 0 bridgehead atoms. The number of halogens is 4. The molecule has 2 unspecified atom stereocenters. The summed E-state index contributed by atoms with van der Waals surface area (Å²) in [6.07, 6.45) is -2.95. The third kappa shape index (κ3) is 3.75. The molecule has 1 aliphatic carbocycles. The summed E-state index contributed by atoms with van der Waals surface area (Å²) >= 11 is 3.26. The van der Waals surface area contributed by atoms with Crippen LogP contribution >= 0.6 is 15.9 Å². The Kier molecular flexibility index (Phi) is 4.73. The monoisotopic (exact) mass is 349 g/mol. The van der Waals surface area contributed by atoms with Gasteiger partial charge in [0.2, 0.25) is 0 Å². The fourth-order valence-electron chi connectivity index (χ4n) is 2.53. The zero-order valence-electron chi connectivity index (χ0n) is 10.7. The van der Waals surface area contributed by atoms with Crippen molar-refractivity contribution in [1.82, 2.24) is 5.32 Å². The topological polar surface area (TPSA) is 29.1 Å². The van der Waals surface area contributed by atoms with Crippen LogP contribution in [0.15, 0.2) is 28.7 Å². The lowest BCUT2D eigenvalue weighted by atomic mass is 9.85. The van der Waals surface area contributed by atoms with Gasteiger partial charge >= 0.3 is 6.18 Å². The van der Waals surface area contributed by atoms with Crippen molar-refractivity contribution in [3.63, 3.8) is 0 Å². The van der Waals surface area contributed by atoms with Gasteiger partial charge in [-0.2, -0.15) is 13.2 Å². The Morgan fingerprint density at radius 3 is 2.60 bits per heavy atom. The molecule has 0 saturated heterocycles. The van der Waals surface area contributed by atoms with Gasteiger partial charge in [0.1, 0.15) is 0 Å². The molecule has 1 amide bonds. The Balaban J connectivity index is 2.00. The van der Waals surface area contributed by atoms with E-state index in [1.165, 1.54) is 0 Å². The molecule has 6 heteroatoms. The summed E-state index contributed by atoms with van der Waals surface area (Å²) in [5.41, 5.74) is 0.446. The van der Waals surface area contributed by atoms with Gasteiger partial charge in [0, 0.05) is 10.5 Å². The summed E-state index contributed by atoms with van der Waals surface area (Å²) in [5, 5.41) is 2.71. The first kappa shape index (κ1) is 15.4. The number of carbonyl (C=O) groups excluding carboxylic acids is 1. The van der Waals surface area contributed by atoms with Crippen molar-refractivity contribution in [2.75, 3.05) is 0 Å². The van der Waals surface area contributed by atoms with Crippen LogP contribution in [0.1, 0.15) is 36.0 Å². The third-order valence-electron chi connectivity index (χ3n) is 3.59. The summed E-state index contributed by atoms with van der Waals surface area (Å²) in [5.74, 6) is -1.63. The molecule has 1 aromatic rings. The second kappa shape index (κ2) is 6.16. The molecule has 0 radical (unpaired) electrons. The van der Waals surface area contributed by atoms with E-state index in [0.29, 0.717) is 22.9 Å². The van der Waals surface area contributed by atoms with E-state index in [2.05, 4.69) is 21.2 Å². The number of nitrogens with one attached hydrogen (secondary N) is 1. The highest BCUT2D eigenvalue weighted by molar-refractivity contribution is 9.10. The Bertz CT molecular complexity index is 490. The summed E-state index contributed by atoms with van der Waals surface area (Å²) in [7, 11) is 0. The zero-order chi connectivity index (χ0) is 14.8. The van der Waals surface area contributed by atoms with Gasteiger partial charge in [-0.25, -0.2) is 0 Å². The highest BCUT2D eigenvalue weighted by atomic mass is 79.9. The van der Waals surface area contributed by atoms with Crippen LogP contribution in [0.4, 0.5) is 13.2 Å². The molecule has 1 aliphatic rings. The molecule has 110 valence electrons. The number of rotatable bonds is 2. The van der Waals surface area contributed by atoms with Crippen LogP contribution in [0.2, 0.25) is 0 Å². The molecule has 0 aromatic heterocycles. The SMILES string of the molecule is O=C(NC1CCCC(C(F)(F)F)C1)c1ccccc1Br. The third-order valence-corrected chi connectivity index (χ3v) is 4.28. The van der Waals surface area contributed by atoms with Crippen LogP contribution in [-0.4, -0.2) is 18.1 Å². The maximum atomic E-state index is 12.7. The minimum atomic E-state index is -4.17. The van der Waals surface area contributed by atoms with Crippen molar-refractivity contribution in [2.24, 2.45) is 5.92 Å². The summed E-state index contributed by atoms with van der Waals surface area (Å²) < 4.78 is 38.8. The fourth-order valence-corrected chi connectivity index (χ4v) is 2.99. The molecule has 2 nitrogen and oxygen atoms in total. The molecule has 2 rings (SSSR count). The maximum Gasteiger partial charge on any atom is 0.391 e. The highest BCUT2D eigenvalue weighted by Gasteiger charge is 2.42. The molecule has 2 atom stereocenters. The Morgan fingerprint density at radius 1 is 1.25 bits per heavy atom. The number of hydrogen-bond acceptors (Lipinski definition) is 1. The van der Waals surface area contributed by atoms with Crippen molar-refractivity contribution in [2.45, 2.75) is 37.9 Å².